The molecule has 1 aromatic carbocycles. The Hall–Kier alpha value is -3.67. The van der Waals surface area contributed by atoms with Gasteiger partial charge in [0.15, 0.2) is 5.69 Å². The summed E-state index contributed by atoms with van der Waals surface area (Å²) in [4.78, 5) is 13.8. The Balaban J connectivity index is 1.87. The minimum Gasteiger partial charge on any atom is -0.378 e. The topological polar surface area (TPSA) is 142 Å². The molecule has 0 unspecified atom stereocenters. The summed E-state index contributed by atoms with van der Waals surface area (Å²) in [5.41, 5.74) is 8.88. The maximum Gasteiger partial charge on any atom is 0.294 e. The van der Waals surface area contributed by atoms with Crippen LogP contribution in [0.4, 0.5) is 10.2 Å². The average Bonchev–Trinajstić information content (AvgIpc) is 3.33. The molecule has 2 aromatic heterocycles. The van der Waals surface area contributed by atoms with Gasteiger partial charge in [0, 0.05) is 5.56 Å². The van der Waals surface area contributed by atoms with Crippen molar-refractivity contribution in [2.24, 2.45) is 5.10 Å². The number of nitrogen functional groups attached to an aromatic ring is 1. The monoisotopic (exact) mass is 402 g/mol. The molecule has 152 valence electrons. The van der Waals surface area contributed by atoms with Crippen LogP contribution in [0.1, 0.15) is 35.6 Å². The molecule has 0 aliphatic rings. The van der Waals surface area contributed by atoms with Crippen LogP contribution in [0.25, 0.3) is 5.82 Å². The first-order valence-corrected chi connectivity index (χ1v) is 8.99. The van der Waals surface area contributed by atoms with Gasteiger partial charge in [-0.1, -0.05) is 23.4 Å². The molecule has 3 rings (SSSR count). The van der Waals surface area contributed by atoms with E-state index in [1.54, 1.807) is 12.1 Å². The maximum atomic E-state index is 13.7. The van der Waals surface area contributed by atoms with E-state index in [9.17, 15) is 9.18 Å². The van der Waals surface area contributed by atoms with E-state index in [0.29, 0.717) is 12.2 Å². The van der Waals surface area contributed by atoms with E-state index in [2.05, 4.69) is 35.8 Å². The summed E-state index contributed by atoms with van der Waals surface area (Å²) >= 11 is 0. The van der Waals surface area contributed by atoms with Crippen molar-refractivity contribution in [2.45, 2.75) is 20.4 Å². The standard InChI is InChI=1S/C17H20FN9O2/c1-3-26(4-2)10-13-14(21-25-27(13)16-15(19)23-29-24-16)17(28)22-20-9-11-7-5-6-8-12(11)18/h5-9H,3-4,10H2,1-2H3,(H2,19,23)(H,22,28)/p+1. The molecule has 0 aliphatic heterocycles. The first-order valence-electron chi connectivity index (χ1n) is 8.99. The summed E-state index contributed by atoms with van der Waals surface area (Å²) in [5, 5.41) is 19.0. The third-order valence-corrected chi connectivity index (χ3v) is 4.37. The van der Waals surface area contributed by atoms with Crippen LogP contribution in [0.5, 0.6) is 0 Å². The van der Waals surface area contributed by atoms with Gasteiger partial charge in [-0.25, -0.2) is 14.4 Å². The van der Waals surface area contributed by atoms with Crippen LogP contribution in [0.3, 0.4) is 0 Å². The molecule has 0 aliphatic carbocycles. The number of aromatic nitrogens is 5. The number of nitrogens with zero attached hydrogens (tertiary/aromatic N) is 6. The molecule has 12 heteroatoms. The summed E-state index contributed by atoms with van der Waals surface area (Å²) in [6, 6.07) is 6.07. The van der Waals surface area contributed by atoms with Crippen molar-refractivity contribution in [2.75, 3.05) is 18.8 Å². The number of nitrogens with one attached hydrogen (secondary N) is 2. The lowest BCUT2D eigenvalue weighted by atomic mass is 10.2. The fourth-order valence-corrected chi connectivity index (χ4v) is 2.67. The molecule has 11 nitrogen and oxygen atoms in total. The van der Waals surface area contributed by atoms with Gasteiger partial charge in [-0.3, -0.25) is 4.79 Å². The lowest BCUT2D eigenvalue weighted by Gasteiger charge is -2.15. The van der Waals surface area contributed by atoms with Crippen molar-refractivity contribution < 1.29 is 18.7 Å². The van der Waals surface area contributed by atoms with E-state index >= 15 is 0 Å². The number of halogens is 1. The fraction of sp³-hybridized carbons (Fsp3) is 0.294. The quantitative estimate of drug-likeness (QED) is 0.342. The summed E-state index contributed by atoms with van der Waals surface area (Å²) < 4.78 is 19.6. The Morgan fingerprint density at radius 3 is 2.76 bits per heavy atom. The van der Waals surface area contributed by atoms with E-state index in [0.717, 1.165) is 13.1 Å². The molecular weight excluding hydrogens is 381 g/mol. The van der Waals surface area contributed by atoms with Crippen molar-refractivity contribution in [1.29, 1.82) is 0 Å². The van der Waals surface area contributed by atoms with Crippen LogP contribution in [0, 0.1) is 5.82 Å². The van der Waals surface area contributed by atoms with Crippen LogP contribution in [0.2, 0.25) is 0 Å². The molecule has 1 amide bonds. The van der Waals surface area contributed by atoms with Crippen molar-refractivity contribution in [1.82, 2.24) is 30.7 Å². The van der Waals surface area contributed by atoms with Crippen LogP contribution >= 0.6 is 0 Å². The molecule has 2 heterocycles. The normalized spacial score (nSPS) is 11.4. The number of quaternary nitrogens is 1. The zero-order chi connectivity index (χ0) is 20.8. The van der Waals surface area contributed by atoms with Gasteiger partial charge in [0.1, 0.15) is 18.1 Å². The number of hydrogen-bond donors (Lipinski definition) is 3. The van der Waals surface area contributed by atoms with E-state index in [1.165, 1.54) is 27.9 Å². The Kier molecular flexibility index (Phi) is 6.24. The fourth-order valence-electron chi connectivity index (χ4n) is 2.67. The minimum atomic E-state index is -0.597. The van der Waals surface area contributed by atoms with Gasteiger partial charge in [0.25, 0.3) is 5.91 Å². The molecule has 0 bridgehead atoms. The first kappa shape index (κ1) is 20.1. The van der Waals surface area contributed by atoms with Gasteiger partial charge < -0.3 is 10.6 Å². The molecule has 4 N–H and O–H groups in total. The second-order valence-corrected chi connectivity index (χ2v) is 6.12. The first-order chi connectivity index (χ1) is 14.0. The van der Waals surface area contributed by atoms with Gasteiger partial charge in [0.05, 0.1) is 19.3 Å². The van der Waals surface area contributed by atoms with Crippen LogP contribution in [0.15, 0.2) is 34.0 Å². The molecule has 0 spiro atoms. The van der Waals surface area contributed by atoms with Crippen molar-refractivity contribution >= 4 is 17.9 Å². The predicted molar refractivity (Wildman–Crippen MR) is 101 cm³/mol. The van der Waals surface area contributed by atoms with E-state index in [1.807, 2.05) is 13.8 Å². The van der Waals surface area contributed by atoms with Crippen LogP contribution in [-0.4, -0.2) is 50.5 Å². The number of carbonyl (C=O) groups is 1. The highest BCUT2D eigenvalue weighted by molar-refractivity contribution is 5.94. The Bertz CT molecular complexity index is 1010. The Morgan fingerprint density at radius 2 is 2.10 bits per heavy atom. The van der Waals surface area contributed by atoms with Crippen molar-refractivity contribution in [3.8, 4) is 5.82 Å². The highest BCUT2D eigenvalue weighted by Gasteiger charge is 2.26. The summed E-state index contributed by atoms with van der Waals surface area (Å²) in [5.74, 6) is -0.875. The third-order valence-electron chi connectivity index (χ3n) is 4.37. The summed E-state index contributed by atoms with van der Waals surface area (Å²) in [6.45, 7) is 6.13. The Labute approximate surface area is 165 Å². The smallest absolute Gasteiger partial charge is 0.294 e. The number of benzene rings is 1. The summed E-state index contributed by atoms with van der Waals surface area (Å²) in [7, 11) is 0. The molecule has 29 heavy (non-hydrogen) atoms. The zero-order valence-electron chi connectivity index (χ0n) is 16.0. The highest BCUT2D eigenvalue weighted by atomic mass is 19.1. The molecule has 0 fully saturated rings. The average molecular weight is 402 g/mol. The molecule has 0 atom stereocenters. The van der Waals surface area contributed by atoms with Gasteiger partial charge in [-0.15, -0.1) is 5.10 Å². The highest BCUT2D eigenvalue weighted by Crippen LogP contribution is 2.15. The SMILES string of the molecule is CC[NH+](CC)Cc1c(C(=O)NN=Cc2ccccc2F)nnn1-c1nonc1N. The number of carbonyl (C=O) groups excluding carboxylic acids is 1. The number of rotatable bonds is 8. The third kappa shape index (κ3) is 4.43. The van der Waals surface area contributed by atoms with Crippen molar-refractivity contribution in [3.05, 3.63) is 47.0 Å². The number of hydrogen-bond acceptors (Lipinski definition) is 8. The summed E-state index contributed by atoms with van der Waals surface area (Å²) in [6.07, 6.45) is 1.21. The second-order valence-electron chi connectivity index (χ2n) is 6.12. The largest absolute Gasteiger partial charge is 0.378 e. The van der Waals surface area contributed by atoms with Crippen LogP contribution < -0.4 is 16.1 Å². The second kappa shape index (κ2) is 9.01. The number of nitrogens with two attached hydrogens (primary N) is 1. The zero-order valence-corrected chi connectivity index (χ0v) is 16.0. The van der Waals surface area contributed by atoms with Gasteiger partial charge in [-0.2, -0.15) is 9.78 Å². The number of hydrazone groups is 1. The minimum absolute atomic E-state index is 0.0234. The molecular formula is C17H21FN9O2+. The predicted octanol–water partition coefficient (Wildman–Crippen LogP) is -0.440. The van der Waals surface area contributed by atoms with Crippen molar-refractivity contribution in [3.63, 3.8) is 0 Å². The molecule has 0 saturated carbocycles. The van der Waals surface area contributed by atoms with E-state index in [4.69, 9.17) is 5.73 Å². The van der Waals surface area contributed by atoms with Gasteiger partial charge in [0.2, 0.25) is 11.6 Å². The lowest BCUT2D eigenvalue weighted by Crippen LogP contribution is -3.10. The Morgan fingerprint density at radius 1 is 1.34 bits per heavy atom. The molecule has 0 radical (unpaired) electrons. The lowest BCUT2D eigenvalue weighted by molar-refractivity contribution is -0.910. The van der Waals surface area contributed by atoms with Crippen LogP contribution in [-0.2, 0) is 6.54 Å². The van der Waals surface area contributed by atoms with E-state index in [-0.39, 0.29) is 22.9 Å². The van der Waals surface area contributed by atoms with Gasteiger partial charge in [-0.05, 0) is 30.2 Å². The maximum absolute atomic E-state index is 13.7. The van der Waals surface area contributed by atoms with E-state index < -0.39 is 11.7 Å². The van der Waals surface area contributed by atoms with Gasteiger partial charge >= 0.3 is 0 Å². The number of anilines is 1. The molecule has 0 saturated heterocycles. The number of amides is 1. The molecule has 3 aromatic rings.